The molecule has 3 aromatic rings. The summed E-state index contributed by atoms with van der Waals surface area (Å²) in [6.07, 6.45) is 3.16. The van der Waals surface area contributed by atoms with Crippen molar-refractivity contribution in [2.45, 2.75) is 64.6 Å². The summed E-state index contributed by atoms with van der Waals surface area (Å²) >= 11 is 0. The van der Waals surface area contributed by atoms with Crippen LogP contribution in [-0.4, -0.2) is 25.3 Å². The van der Waals surface area contributed by atoms with Crippen LogP contribution in [0.25, 0.3) is 11.1 Å². The molecule has 5 nitrogen and oxygen atoms in total. The van der Waals surface area contributed by atoms with Gasteiger partial charge in [-0.15, -0.1) is 0 Å². The van der Waals surface area contributed by atoms with Crippen molar-refractivity contribution in [1.29, 1.82) is 0 Å². The van der Waals surface area contributed by atoms with E-state index in [1.807, 2.05) is 30.3 Å². The lowest BCUT2D eigenvalue weighted by atomic mass is 9.57. The molecule has 3 aromatic carbocycles. The fourth-order valence-electron chi connectivity index (χ4n) is 6.55. The van der Waals surface area contributed by atoms with Gasteiger partial charge in [-0.2, -0.15) is 0 Å². The number of ether oxygens (including phenoxy) is 3. The molecule has 3 atom stereocenters. The molecule has 0 aliphatic heterocycles. The predicted octanol–water partition coefficient (Wildman–Crippen LogP) is 7.49. The van der Waals surface area contributed by atoms with E-state index in [0.717, 1.165) is 53.7 Å². The number of fused-ring (bicyclic) bond motifs is 2. The molecule has 0 bridgehead atoms. The van der Waals surface area contributed by atoms with Gasteiger partial charge in [0.2, 0.25) is 0 Å². The van der Waals surface area contributed by atoms with Crippen molar-refractivity contribution in [3.8, 4) is 22.6 Å². The van der Waals surface area contributed by atoms with Crippen LogP contribution in [-0.2, 0) is 28.0 Å². The lowest BCUT2D eigenvalue weighted by Gasteiger charge is -2.45. The van der Waals surface area contributed by atoms with Crippen molar-refractivity contribution in [2.24, 2.45) is 11.3 Å². The second-order valence-corrected chi connectivity index (χ2v) is 11.9. The lowest BCUT2D eigenvalue weighted by Crippen LogP contribution is -2.46. The fraction of sp³-hybridized carbons (Fsp3) is 0.424. The van der Waals surface area contributed by atoms with Crippen LogP contribution in [0, 0.1) is 17.2 Å². The van der Waals surface area contributed by atoms with Crippen LogP contribution in [0.15, 0.2) is 54.6 Å². The maximum atomic E-state index is 15.0. The minimum Gasteiger partial charge on any atom is -0.497 e. The van der Waals surface area contributed by atoms with Crippen molar-refractivity contribution in [1.82, 2.24) is 0 Å². The van der Waals surface area contributed by atoms with Crippen LogP contribution in [0.5, 0.6) is 11.5 Å². The summed E-state index contributed by atoms with van der Waals surface area (Å²) in [6.45, 7) is 6.62. The molecule has 1 fully saturated rings. The van der Waals surface area contributed by atoms with E-state index in [2.05, 4.69) is 26.8 Å². The van der Waals surface area contributed by atoms with Crippen molar-refractivity contribution in [3.63, 3.8) is 0 Å². The topological polar surface area (TPSA) is 65.0 Å². The smallest absolute Gasteiger partial charge is 0.307 e. The van der Waals surface area contributed by atoms with E-state index < -0.39 is 5.97 Å². The van der Waals surface area contributed by atoms with E-state index in [0.29, 0.717) is 17.9 Å². The fourth-order valence-corrected chi connectivity index (χ4v) is 6.55. The van der Waals surface area contributed by atoms with Crippen molar-refractivity contribution < 1.29 is 28.5 Å². The van der Waals surface area contributed by atoms with Crippen molar-refractivity contribution in [3.05, 3.63) is 82.7 Å². The van der Waals surface area contributed by atoms with Gasteiger partial charge in [-0.1, -0.05) is 39.0 Å². The number of aliphatic carboxylic acids is 1. The Morgan fingerprint density at radius 2 is 1.79 bits per heavy atom. The third-order valence-corrected chi connectivity index (χ3v) is 8.59. The van der Waals surface area contributed by atoms with Gasteiger partial charge in [0.15, 0.2) is 0 Å². The zero-order chi connectivity index (χ0) is 27.9. The highest BCUT2D eigenvalue weighted by molar-refractivity contribution is 5.75. The first-order valence-electron chi connectivity index (χ1n) is 13.6. The van der Waals surface area contributed by atoms with Crippen LogP contribution in [0.3, 0.4) is 0 Å². The standard InChI is InChI=1S/C33H37FO5/c1-32(2,3)30(38-5)26-16-20(6-10-24(26)25-17-22(37-4)9-11-29(25)34)19-39-23-8-7-21-12-14-33(28(21)18-23)15-13-27(33)31(35)36/h6-11,16-18,27,30H,12-15,19H2,1-5H3,(H,35,36)/t27?,30-,33-/m0/s1. The van der Waals surface area contributed by atoms with Crippen LogP contribution < -0.4 is 9.47 Å². The Hall–Kier alpha value is -3.38. The van der Waals surface area contributed by atoms with Crippen LogP contribution >= 0.6 is 0 Å². The minimum atomic E-state index is -0.702. The first-order chi connectivity index (χ1) is 18.6. The Kier molecular flexibility index (Phi) is 7.19. The summed E-state index contributed by atoms with van der Waals surface area (Å²) in [5, 5.41) is 9.73. The molecule has 2 aliphatic carbocycles. The number of carbonyl (C=O) groups is 1. The van der Waals surface area contributed by atoms with Crippen LogP contribution in [0.2, 0.25) is 0 Å². The zero-order valence-corrected chi connectivity index (χ0v) is 23.3. The van der Waals surface area contributed by atoms with Gasteiger partial charge in [-0.25, -0.2) is 4.39 Å². The normalized spacial score (nSPS) is 20.8. The minimum absolute atomic E-state index is 0.240. The highest BCUT2D eigenvalue weighted by Crippen LogP contribution is 2.57. The molecule has 2 aliphatic rings. The van der Waals surface area contributed by atoms with Crippen LogP contribution in [0.4, 0.5) is 4.39 Å². The molecule has 0 heterocycles. The maximum absolute atomic E-state index is 15.0. The summed E-state index contributed by atoms with van der Waals surface area (Å²) in [6, 6.07) is 16.8. The zero-order valence-electron chi connectivity index (χ0n) is 23.3. The number of benzene rings is 3. The molecule has 5 rings (SSSR count). The van der Waals surface area contributed by atoms with Gasteiger partial charge >= 0.3 is 5.97 Å². The van der Waals surface area contributed by atoms with E-state index in [9.17, 15) is 9.90 Å². The maximum Gasteiger partial charge on any atom is 0.307 e. The van der Waals surface area contributed by atoms with Crippen LogP contribution in [0.1, 0.15) is 68.4 Å². The monoisotopic (exact) mass is 532 g/mol. The number of methoxy groups -OCH3 is 2. The van der Waals surface area contributed by atoms with Gasteiger partial charge in [0.05, 0.1) is 19.1 Å². The van der Waals surface area contributed by atoms with E-state index >= 15 is 4.39 Å². The van der Waals surface area contributed by atoms with E-state index in [1.165, 1.54) is 11.6 Å². The van der Waals surface area contributed by atoms with E-state index in [1.54, 1.807) is 26.4 Å². The predicted molar refractivity (Wildman–Crippen MR) is 149 cm³/mol. The number of aryl methyl sites for hydroxylation is 1. The van der Waals surface area contributed by atoms with Gasteiger partial charge in [-0.05, 0) is 95.3 Å². The molecule has 1 unspecified atom stereocenters. The van der Waals surface area contributed by atoms with Gasteiger partial charge in [0.25, 0.3) is 0 Å². The molecule has 0 aromatic heterocycles. The van der Waals surface area contributed by atoms with E-state index in [4.69, 9.17) is 14.2 Å². The summed E-state index contributed by atoms with van der Waals surface area (Å²) in [5.74, 6) is -0.0285. The van der Waals surface area contributed by atoms with Gasteiger partial charge in [-0.3, -0.25) is 4.79 Å². The number of hydrogen-bond acceptors (Lipinski definition) is 4. The Balaban J connectivity index is 1.46. The highest BCUT2D eigenvalue weighted by Gasteiger charge is 2.54. The second-order valence-electron chi connectivity index (χ2n) is 11.9. The molecule has 1 spiro atoms. The van der Waals surface area contributed by atoms with Gasteiger partial charge in [0.1, 0.15) is 23.9 Å². The van der Waals surface area contributed by atoms with Crippen molar-refractivity contribution in [2.75, 3.05) is 14.2 Å². The summed E-state index contributed by atoms with van der Waals surface area (Å²) in [7, 11) is 3.25. The molecule has 0 amide bonds. The lowest BCUT2D eigenvalue weighted by molar-refractivity contribution is -0.149. The number of carboxylic acid groups (broad SMARTS) is 1. The molecule has 206 valence electrons. The number of carboxylic acids is 1. The van der Waals surface area contributed by atoms with Gasteiger partial charge in [0, 0.05) is 18.1 Å². The number of rotatable bonds is 8. The third-order valence-electron chi connectivity index (χ3n) is 8.59. The summed E-state index contributed by atoms with van der Waals surface area (Å²) < 4.78 is 32.6. The largest absolute Gasteiger partial charge is 0.497 e. The quantitative estimate of drug-likeness (QED) is 0.326. The van der Waals surface area contributed by atoms with Crippen molar-refractivity contribution >= 4 is 5.97 Å². The van der Waals surface area contributed by atoms with Gasteiger partial charge < -0.3 is 19.3 Å². The van der Waals surface area contributed by atoms with E-state index in [-0.39, 0.29) is 28.7 Å². The molecule has 6 heteroatoms. The average molecular weight is 533 g/mol. The first-order valence-corrected chi connectivity index (χ1v) is 13.6. The molecule has 1 saturated carbocycles. The molecule has 0 saturated heterocycles. The number of hydrogen-bond donors (Lipinski definition) is 1. The Labute approximate surface area is 229 Å². The summed E-state index contributed by atoms with van der Waals surface area (Å²) in [4.78, 5) is 11.8. The Morgan fingerprint density at radius 3 is 2.44 bits per heavy atom. The second kappa shape index (κ2) is 10.3. The first kappa shape index (κ1) is 27.2. The average Bonchev–Trinajstić information content (AvgIpc) is 3.27. The number of halogens is 1. The molecular weight excluding hydrogens is 495 g/mol. The summed E-state index contributed by atoms with van der Waals surface area (Å²) in [5.41, 5.74) is 4.89. The SMILES string of the molecule is COc1ccc(F)c(-c2ccc(COc3ccc4c(c3)[C@@]3(CC4)CCC3C(=O)O)cc2[C@H](OC)C(C)(C)C)c1. The Morgan fingerprint density at radius 1 is 1.03 bits per heavy atom. The molecule has 1 N–H and O–H groups in total. The highest BCUT2D eigenvalue weighted by atomic mass is 19.1. The molecule has 0 radical (unpaired) electrons. The third kappa shape index (κ3) is 4.91. The molecule has 39 heavy (non-hydrogen) atoms. The molecular formula is C33H37FO5. The Bertz CT molecular complexity index is 1390.